The van der Waals surface area contributed by atoms with Gasteiger partial charge in [0.05, 0.1) is 0 Å². The van der Waals surface area contributed by atoms with Gasteiger partial charge in [-0.1, -0.05) is 10.3 Å². The number of nitrogens with zero attached hydrogens (tertiary/aromatic N) is 2. The van der Waals surface area contributed by atoms with Crippen molar-refractivity contribution in [2.75, 3.05) is 19.8 Å². The quantitative estimate of drug-likeness (QED) is 0.801. The van der Waals surface area contributed by atoms with Gasteiger partial charge in [-0.3, -0.25) is 0 Å². The van der Waals surface area contributed by atoms with Gasteiger partial charge in [-0.05, 0) is 32.2 Å². The van der Waals surface area contributed by atoms with Gasteiger partial charge < -0.3 is 10.1 Å². The van der Waals surface area contributed by atoms with Crippen LogP contribution in [0.1, 0.15) is 24.2 Å². The maximum Gasteiger partial charge on any atom is 0.121 e. The minimum absolute atomic E-state index is 0.735. The molecule has 1 N–H and O–H groups in total. The summed E-state index contributed by atoms with van der Waals surface area (Å²) >= 11 is 0. The molecule has 1 aliphatic heterocycles. The van der Waals surface area contributed by atoms with E-state index in [-0.39, 0.29) is 0 Å². The first kappa shape index (κ1) is 10.6. The molecular formula is C10H17N3O2. The van der Waals surface area contributed by atoms with E-state index in [2.05, 4.69) is 20.3 Å². The van der Waals surface area contributed by atoms with Crippen molar-refractivity contribution in [2.45, 2.75) is 26.3 Å². The summed E-state index contributed by atoms with van der Waals surface area (Å²) in [5, 5.41) is 10.9. The third kappa shape index (κ3) is 3.00. The molecule has 0 radical (unpaired) electrons. The molecule has 0 aliphatic carbocycles. The highest BCUT2D eigenvalue weighted by Gasteiger charge is 2.13. The van der Waals surface area contributed by atoms with Gasteiger partial charge in [-0.2, -0.15) is 0 Å². The van der Waals surface area contributed by atoms with Crippen LogP contribution in [0.4, 0.5) is 0 Å². The highest BCUT2D eigenvalue weighted by atomic mass is 16.6. The van der Waals surface area contributed by atoms with Crippen LogP contribution < -0.4 is 5.32 Å². The first-order chi connectivity index (χ1) is 7.36. The first-order valence-electron chi connectivity index (χ1n) is 5.43. The monoisotopic (exact) mass is 211 g/mol. The van der Waals surface area contributed by atoms with E-state index < -0.39 is 0 Å². The Hall–Kier alpha value is -0.940. The second-order valence-corrected chi connectivity index (χ2v) is 3.98. The van der Waals surface area contributed by atoms with Crippen molar-refractivity contribution in [1.29, 1.82) is 0 Å². The number of rotatable bonds is 4. The number of ether oxygens (including phenoxy) is 1. The largest absolute Gasteiger partial charge is 0.381 e. The fourth-order valence-electron chi connectivity index (χ4n) is 1.76. The van der Waals surface area contributed by atoms with E-state index in [9.17, 15) is 0 Å². The molecule has 1 fully saturated rings. The van der Waals surface area contributed by atoms with Crippen molar-refractivity contribution in [3.05, 3.63) is 11.4 Å². The number of aromatic nitrogens is 2. The second kappa shape index (κ2) is 5.23. The van der Waals surface area contributed by atoms with Gasteiger partial charge in [0.25, 0.3) is 0 Å². The summed E-state index contributed by atoms with van der Waals surface area (Å²) in [5.74, 6) is 0.735. The lowest BCUT2D eigenvalue weighted by molar-refractivity contribution is 0.0662. The molecule has 0 spiro atoms. The van der Waals surface area contributed by atoms with Gasteiger partial charge >= 0.3 is 0 Å². The number of hydrogen-bond acceptors (Lipinski definition) is 5. The van der Waals surface area contributed by atoms with Crippen LogP contribution >= 0.6 is 0 Å². The smallest absolute Gasteiger partial charge is 0.121 e. The maximum absolute atomic E-state index is 5.31. The summed E-state index contributed by atoms with van der Waals surface area (Å²) in [4.78, 5) is 0. The van der Waals surface area contributed by atoms with E-state index in [0.29, 0.717) is 0 Å². The van der Waals surface area contributed by atoms with Crippen molar-refractivity contribution in [1.82, 2.24) is 15.6 Å². The average molecular weight is 211 g/mol. The predicted molar refractivity (Wildman–Crippen MR) is 54.3 cm³/mol. The van der Waals surface area contributed by atoms with Gasteiger partial charge in [0.2, 0.25) is 0 Å². The summed E-state index contributed by atoms with van der Waals surface area (Å²) in [6.07, 6.45) is 2.31. The van der Waals surface area contributed by atoms with Crippen molar-refractivity contribution in [3.63, 3.8) is 0 Å². The number of hydrogen-bond donors (Lipinski definition) is 1. The predicted octanol–water partition coefficient (Wildman–Crippen LogP) is 0.894. The van der Waals surface area contributed by atoms with Crippen LogP contribution in [0, 0.1) is 12.8 Å². The molecule has 2 rings (SSSR count). The molecule has 1 aliphatic rings. The standard InChI is InChI=1S/C10H17N3O2/c1-8-10(13-15-12-8)7-11-6-9-2-4-14-5-3-9/h9,11H,2-7H2,1H3. The normalized spacial score (nSPS) is 18.2. The number of aryl methyl sites for hydroxylation is 1. The van der Waals surface area contributed by atoms with Crippen LogP contribution in [0.15, 0.2) is 4.63 Å². The molecule has 1 aromatic rings. The third-order valence-electron chi connectivity index (χ3n) is 2.81. The molecule has 1 aromatic heterocycles. The molecule has 5 heteroatoms. The van der Waals surface area contributed by atoms with Crippen LogP contribution in [-0.2, 0) is 11.3 Å². The molecule has 2 heterocycles. The summed E-state index contributed by atoms with van der Waals surface area (Å²) < 4.78 is 9.93. The first-order valence-corrected chi connectivity index (χ1v) is 5.43. The van der Waals surface area contributed by atoms with Gasteiger partial charge in [-0.25, -0.2) is 4.63 Å². The SMILES string of the molecule is Cc1nonc1CNCC1CCOCC1. The van der Waals surface area contributed by atoms with Gasteiger partial charge in [-0.15, -0.1) is 0 Å². The van der Waals surface area contributed by atoms with Crippen LogP contribution in [0.5, 0.6) is 0 Å². The molecule has 5 nitrogen and oxygen atoms in total. The Balaban J connectivity index is 1.68. The zero-order valence-corrected chi connectivity index (χ0v) is 9.03. The Morgan fingerprint density at radius 2 is 2.13 bits per heavy atom. The topological polar surface area (TPSA) is 60.2 Å². The average Bonchev–Trinajstić information content (AvgIpc) is 2.66. The third-order valence-corrected chi connectivity index (χ3v) is 2.81. The molecule has 0 atom stereocenters. The lowest BCUT2D eigenvalue weighted by Gasteiger charge is -2.21. The summed E-state index contributed by atoms with van der Waals surface area (Å²) in [7, 11) is 0. The second-order valence-electron chi connectivity index (χ2n) is 3.98. The zero-order chi connectivity index (χ0) is 10.5. The zero-order valence-electron chi connectivity index (χ0n) is 9.03. The molecule has 1 saturated heterocycles. The molecule has 15 heavy (non-hydrogen) atoms. The minimum atomic E-state index is 0.735. The molecule has 0 unspecified atom stereocenters. The Morgan fingerprint density at radius 3 is 2.80 bits per heavy atom. The Morgan fingerprint density at radius 1 is 1.33 bits per heavy atom. The van der Waals surface area contributed by atoms with Crippen LogP contribution in [0.3, 0.4) is 0 Å². The van der Waals surface area contributed by atoms with Crippen LogP contribution in [0.2, 0.25) is 0 Å². The van der Waals surface area contributed by atoms with Crippen molar-refractivity contribution < 1.29 is 9.37 Å². The van der Waals surface area contributed by atoms with E-state index in [1.165, 1.54) is 0 Å². The number of nitrogens with one attached hydrogen (secondary N) is 1. The van der Waals surface area contributed by atoms with Crippen LogP contribution in [-0.4, -0.2) is 30.1 Å². The molecule has 84 valence electrons. The fraction of sp³-hybridized carbons (Fsp3) is 0.800. The van der Waals surface area contributed by atoms with Gasteiger partial charge in [0, 0.05) is 19.8 Å². The summed E-state index contributed by atoms with van der Waals surface area (Å²) in [6.45, 7) is 5.47. The van der Waals surface area contributed by atoms with Crippen molar-refractivity contribution in [2.24, 2.45) is 5.92 Å². The van der Waals surface area contributed by atoms with E-state index in [0.717, 1.165) is 56.5 Å². The molecule has 0 amide bonds. The lowest BCUT2D eigenvalue weighted by Crippen LogP contribution is -2.27. The van der Waals surface area contributed by atoms with E-state index in [1.807, 2.05) is 6.92 Å². The van der Waals surface area contributed by atoms with E-state index >= 15 is 0 Å². The van der Waals surface area contributed by atoms with Crippen LogP contribution in [0.25, 0.3) is 0 Å². The highest BCUT2D eigenvalue weighted by Crippen LogP contribution is 2.13. The summed E-state index contributed by atoms with van der Waals surface area (Å²) in [6, 6.07) is 0. The fourth-order valence-corrected chi connectivity index (χ4v) is 1.76. The molecular weight excluding hydrogens is 194 g/mol. The van der Waals surface area contributed by atoms with Gasteiger partial charge in [0.1, 0.15) is 11.4 Å². The Kier molecular flexibility index (Phi) is 3.69. The Bertz CT molecular complexity index is 295. The van der Waals surface area contributed by atoms with Crippen molar-refractivity contribution >= 4 is 0 Å². The maximum atomic E-state index is 5.31. The Labute approximate surface area is 89.1 Å². The van der Waals surface area contributed by atoms with E-state index in [1.54, 1.807) is 0 Å². The van der Waals surface area contributed by atoms with Gasteiger partial charge in [0.15, 0.2) is 0 Å². The van der Waals surface area contributed by atoms with E-state index in [4.69, 9.17) is 4.74 Å². The molecule has 0 saturated carbocycles. The molecule has 0 bridgehead atoms. The molecule has 0 aromatic carbocycles. The highest BCUT2D eigenvalue weighted by molar-refractivity contribution is 5.03. The minimum Gasteiger partial charge on any atom is -0.381 e. The van der Waals surface area contributed by atoms with Crippen molar-refractivity contribution in [3.8, 4) is 0 Å². The summed E-state index contributed by atoms with van der Waals surface area (Å²) in [5.41, 5.74) is 1.77. The lowest BCUT2D eigenvalue weighted by atomic mass is 10.0.